The number of carboxylic acids is 1. The SMILES string of the molecule is CN(CC(=O)O)C1CCCN(CCCOc2ccc(S(C)(=O)=O)cc2)CC1. The largest absolute Gasteiger partial charge is 0.494 e. The van der Waals surface area contributed by atoms with Crippen molar-refractivity contribution < 1.29 is 23.1 Å². The molecule has 27 heavy (non-hydrogen) atoms. The predicted octanol–water partition coefficient (Wildman–Crippen LogP) is 1.73. The Morgan fingerprint density at radius 1 is 1.26 bits per heavy atom. The minimum absolute atomic E-state index is 0.0939. The van der Waals surface area contributed by atoms with Crippen molar-refractivity contribution in [3.05, 3.63) is 24.3 Å². The number of nitrogens with zero attached hydrogens (tertiary/aromatic N) is 2. The topological polar surface area (TPSA) is 87.2 Å². The van der Waals surface area contributed by atoms with Crippen molar-refractivity contribution in [2.24, 2.45) is 0 Å². The number of carboxylic acid groups (broad SMARTS) is 1. The van der Waals surface area contributed by atoms with Crippen LogP contribution in [0.4, 0.5) is 0 Å². The summed E-state index contributed by atoms with van der Waals surface area (Å²) in [5.74, 6) is -0.103. The van der Waals surface area contributed by atoms with Crippen LogP contribution in [0.15, 0.2) is 29.2 Å². The van der Waals surface area contributed by atoms with Crippen LogP contribution in [0, 0.1) is 0 Å². The molecule has 0 amide bonds. The third kappa shape index (κ3) is 7.48. The summed E-state index contributed by atoms with van der Waals surface area (Å²) in [7, 11) is -1.29. The number of carbonyl (C=O) groups is 1. The van der Waals surface area contributed by atoms with Crippen LogP contribution in [0.3, 0.4) is 0 Å². The Labute approximate surface area is 161 Å². The molecule has 1 aromatic rings. The quantitative estimate of drug-likeness (QED) is 0.634. The molecule has 1 aliphatic heterocycles. The Kier molecular flexibility index (Phi) is 8.07. The highest BCUT2D eigenvalue weighted by atomic mass is 32.2. The monoisotopic (exact) mass is 398 g/mol. The highest BCUT2D eigenvalue weighted by molar-refractivity contribution is 7.90. The first kappa shape index (κ1) is 21.7. The molecule has 0 aromatic heterocycles. The third-order valence-corrected chi connectivity index (χ3v) is 6.07. The maximum atomic E-state index is 11.4. The van der Waals surface area contributed by atoms with Gasteiger partial charge in [-0.15, -0.1) is 0 Å². The second kappa shape index (κ2) is 10.1. The molecular formula is C19H30N2O5S. The van der Waals surface area contributed by atoms with E-state index in [0.29, 0.717) is 23.3 Å². The first-order valence-electron chi connectivity index (χ1n) is 9.33. The van der Waals surface area contributed by atoms with Crippen LogP contribution in [0.2, 0.25) is 0 Å². The summed E-state index contributed by atoms with van der Waals surface area (Å²) in [6.45, 7) is 3.61. The molecule has 0 saturated carbocycles. The number of likely N-dealkylation sites (tertiary alicyclic amines) is 1. The number of hydrogen-bond donors (Lipinski definition) is 1. The molecule has 1 heterocycles. The fourth-order valence-corrected chi connectivity index (χ4v) is 4.04. The van der Waals surface area contributed by atoms with Crippen LogP contribution in [-0.4, -0.2) is 81.4 Å². The standard InChI is InChI=1S/C19H30N2O5S/c1-20(15-19(22)23)16-5-3-11-21(13-10-16)12-4-14-26-17-6-8-18(9-7-17)27(2,24)25/h6-9,16H,3-5,10-15H2,1-2H3,(H,22,23). The van der Waals surface area contributed by atoms with Crippen LogP contribution in [0.1, 0.15) is 25.7 Å². The van der Waals surface area contributed by atoms with Crippen molar-refractivity contribution in [2.75, 3.05) is 46.1 Å². The van der Waals surface area contributed by atoms with Crippen molar-refractivity contribution in [3.8, 4) is 5.75 Å². The zero-order chi connectivity index (χ0) is 19.9. The number of aliphatic carboxylic acids is 1. The average molecular weight is 399 g/mol. The highest BCUT2D eigenvalue weighted by Crippen LogP contribution is 2.17. The van der Waals surface area contributed by atoms with Crippen LogP contribution in [-0.2, 0) is 14.6 Å². The van der Waals surface area contributed by atoms with Gasteiger partial charge in [-0.05, 0) is 70.1 Å². The van der Waals surface area contributed by atoms with E-state index in [9.17, 15) is 13.2 Å². The minimum atomic E-state index is -3.18. The summed E-state index contributed by atoms with van der Waals surface area (Å²) in [6, 6.07) is 6.83. The van der Waals surface area contributed by atoms with Gasteiger partial charge in [0.05, 0.1) is 18.0 Å². The predicted molar refractivity (Wildman–Crippen MR) is 104 cm³/mol. The number of benzene rings is 1. The zero-order valence-electron chi connectivity index (χ0n) is 16.1. The molecule has 8 heteroatoms. The van der Waals surface area contributed by atoms with Crippen LogP contribution >= 0.6 is 0 Å². The first-order chi connectivity index (χ1) is 12.8. The summed E-state index contributed by atoms with van der Waals surface area (Å²) in [5, 5.41) is 8.93. The van der Waals surface area contributed by atoms with Gasteiger partial charge < -0.3 is 14.7 Å². The van der Waals surface area contributed by atoms with E-state index in [0.717, 1.165) is 45.3 Å². The number of likely N-dealkylation sites (N-methyl/N-ethyl adjacent to an activating group) is 1. The van der Waals surface area contributed by atoms with Gasteiger partial charge in [-0.3, -0.25) is 9.69 Å². The van der Waals surface area contributed by atoms with E-state index in [1.165, 1.54) is 6.26 Å². The van der Waals surface area contributed by atoms with Gasteiger partial charge in [-0.25, -0.2) is 8.42 Å². The molecule has 1 aromatic carbocycles. The molecule has 0 aliphatic carbocycles. The summed E-state index contributed by atoms with van der Waals surface area (Å²) >= 11 is 0. The van der Waals surface area contributed by atoms with Gasteiger partial charge in [0.2, 0.25) is 0 Å². The van der Waals surface area contributed by atoms with Gasteiger partial charge in [-0.2, -0.15) is 0 Å². The van der Waals surface area contributed by atoms with E-state index in [4.69, 9.17) is 9.84 Å². The Balaban J connectivity index is 1.69. The zero-order valence-corrected chi connectivity index (χ0v) is 17.0. The van der Waals surface area contributed by atoms with Crippen LogP contribution in [0.25, 0.3) is 0 Å². The molecule has 7 nitrogen and oxygen atoms in total. The van der Waals surface area contributed by atoms with Gasteiger partial charge in [0.25, 0.3) is 0 Å². The van der Waals surface area contributed by atoms with Crippen LogP contribution in [0.5, 0.6) is 5.75 Å². The van der Waals surface area contributed by atoms with Crippen molar-refractivity contribution in [2.45, 2.75) is 36.6 Å². The molecule has 1 unspecified atom stereocenters. The van der Waals surface area contributed by atoms with Crippen molar-refractivity contribution in [1.29, 1.82) is 0 Å². The Hall–Kier alpha value is -1.64. The van der Waals surface area contributed by atoms with Crippen molar-refractivity contribution in [1.82, 2.24) is 9.80 Å². The maximum Gasteiger partial charge on any atom is 0.317 e. The highest BCUT2D eigenvalue weighted by Gasteiger charge is 2.21. The lowest BCUT2D eigenvalue weighted by atomic mass is 10.1. The van der Waals surface area contributed by atoms with E-state index in [1.807, 2.05) is 11.9 Å². The number of sulfone groups is 1. The van der Waals surface area contributed by atoms with Crippen LogP contribution < -0.4 is 4.74 Å². The lowest BCUT2D eigenvalue weighted by molar-refractivity contribution is -0.138. The van der Waals surface area contributed by atoms with Gasteiger partial charge >= 0.3 is 5.97 Å². The first-order valence-corrected chi connectivity index (χ1v) is 11.2. The normalized spacial score (nSPS) is 19.0. The molecule has 0 radical (unpaired) electrons. The number of ether oxygens (including phenoxy) is 1. The minimum Gasteiger partial charge on any atom is -0.494 e. The molecule has 1 atom stereocenters. The summed E-state index contributed by atoms with van der Waals surface area (Å²) in [4.78, 5) is 15.5. The molecule has 1 aliphatic rings. The maximum absolute atomic E-state index is 11.4. The van der Waals surface area contributed by atoms with Gasteiger partial charge in [0, 0.05) is 18.8 Å². The van der Waals surface area contributed by atoms with Crippen molar-refractivity contribution in [3.63, 3.8) is 0 Å². The van der Waals surface area contributed by atoms with E-state index in [2.05, 4.69) is 4.90 Å². The molecule has 0 spiro atoms. The second-order valence-corrected chi connectivity index (χ2v) is 9.20. The van der Waals surface area contributed by atoms with Gasteiger partial charge in [0.1, 0.15) is 5.75 Å². The molecule has 2 rings (SSSR count). The van der Waals surface area contributed by atoms with E-state index in [1.54, 1.807) is 24.3 Å². The Morgan fingerprint density at radius 3 is 2.59 bits per heavy atom. The second-order valence-electron chi connectivity index (χ2n) is 7.18. The summed E-state index contributed by atoms with van der Waals surface area (Å²) in [6.07, 6.45) is 5.17. The average Bonchev–Trinajstić information content (AvgIpc) is 2.83. The Morgan fingerprint density at radius 2 is 1.96 bits per heavy atom. The molecule has 0 bridgehead atoms. The molecule has 152 valence electrons. The molecule has 1 N–H and O–H groups in total. The fraction of sp³-hybridized carbons (Fsp3) is 0.632. The lowest BCUT2D eigenvalue weighted by Gasteiger charge is -2.25. The fourth-order valence-electron chi connectivity index (χ4n) is 3.41. The van der Waals surface area contributed by atoms with E-state index >= 15 is 0 Å². The Bertz CT molecular complexity index is 705. The summed E-state index contributed by atoms with van der Waals surface area (Å²) in [5.41, 5.74) is 0. The molecule has 1 fully saturated rings. The van der Waals surface area contributed by atoms with E-state index in [-0.39, 0.29) is 6.54 Å². The van der Waals surface area contributed by atoms with Gasteiger partial charge in [0.15, 0.2) is 9.84 Å². The molecule has 1 saturated heterocycles. The smallest absolute Gasteiger partial charge is 0.317 e. The third-order valence-electron chi connectivity index (χ3n) is 4.94. The number of rotatable bonds is 9. The number of hydrogen-bond acceptors (Lipinski definition) is 6. The van der Waals surface area contributed by atoms with E-state index < -0.39 is 15.8 Å². The summed E-state index contributed by atoms with van der Waals surface area (Å²) < 4.78 is 28.6. The molecular weight excluding hydrogens is 368 g/mol. The van der Waals surface area contributed by atoms with Gasteiger partial charge in [-0.1, -0.05) is 0 Å². The van der Waals surface area contributed by atoms with Crippen molar-refractivity contribution >= 4 is 15.8 Å². The lowest BCUT2D eigenvalue weighted by Crippen LogP contribution is -2.36.